The maximum atomic E-state index is 6.59. The van der Waals surface area contributed by atoms with Gasteiger partial charge in [0.2, 0.25) is 0 Å². The van der Waals surface area contributed by atoms with Crippen molar-refractivity contribution < 1.29 is 8.83 Å². The third-order valence-corrected chi connectivity index (χ3v) is 13.2. The average Bonchev–Trinajstić information content (AvgIpc) is 3.94. The Bertz CT molecular complexity index is 3730. The van der Waals surface area contributed by atoms with Gasteiger partial charge in [-0.1, -0.05) is 141 Å². The molecule has 12 aromatic rings. The molecule has 10 aromatic carbocycles. The molecule has 0 spiro atoms. The van der Waals surface area contributed by atoms with Gasteiger partial charge in [0.05, 0.1) is 0 Å². The Hall–Kier alpha value is -7.42. The summed E-state index contributed by atoms with van der Waals surface area (Å²) in [6, 6.07) is 66.8. The number of hydrogen-bond acceptors (Lipinski definition) is 2. The van der Waals surface area contributed by atoms with Crippen molar-refractivity contribution in [3.63, 3.8) is 0 Å². The van der Waals surface area contributed by atoms with Gasteiger partial charge in [-0.05, 0) is 143 Å². The van der Waals surface area contributed by atoms with E-state index in [4.69, 9.17) is 8.83 Å². The van der Waals surface area contributed by atoms with Gasteiger partial charge in [-0.2, -0.15) is 0 Å². The molecule has 0 saturated carbocycles. The lowest BCUT2D eigenvalue weighted by Gasteiger charge is -2.21. The van der Waals surface area contributed by atoms with E-state index in [0.29, 0.717) is 0 Å². The molecule has 0 atom stereocenters. The van der Waals surface area contributed by atoms with Gasteiger partial charge in [-0.25, -0.2) is 0 Å². The second-order valence-electron chi connectivity index (χ2n) is 16.8. The summed E-state index contributed by atoms with van der Waals surface area (Å²) in [5.41, 5.74) is 15.7. The molecule has 2 aromatic heterocycles. The fourth-order valence-electron chi connectivity index (χ4n) is 10.4. The van der Waals surface area contributed by atoms with Crippen LogP contribution in [0.2, 0.25) is 0 Å². The van der Waals surface area contributed by atoms with E-state index in [9.17, 15) is 0 Å². The summed E-state index contributed by atoms with van der Waals surface area (Å²) in [5, 5.41) is 12.0. The summed E-state index contributed by atoms with van der Waals surface area (Å²) in [4.78, 5) is 0. The number of furan rings is 2. The zero-order valence-electron chi connectivity index (χ0n) is 32.6. The van der Waals surface area contributed by atoms with Gasteiger partial charge in [0.15, 0.2) is 11.2 Å². The second-order valence-corrected chi connectivity index (χ2v) is 16.8. The van der Waals surface area contributed by atoms with Crippen molar-refractivity contribution in [1.29, 1.82) is 0 Å². The SMILES string of the molecule is CC1(C)c2ccccc2-c2c(-c3cc(-c4ccc5oc6c(ccc7c8ccccc8oc76)c5c4)cc(-c4ccc5c6ccccc6c6ccccc6c5c4)c3)cccc21. The van der Waals surface area contributed by atoms with Crippen molar-refractivity contribution in [3.05, 3.63) is 193 Å². The van der Waals surface area contributed by atoms with Crippen molar-refractivity contribution in [1.82, 2.24) is 0 Å². The molecule has 276 valence electrons. The van der Waals surface area contributed by atoms with Gasteiger partial charge < -0.3 is 8.83 Å². The second kappa shape index (κ2) is 11.8. The van der Waals surface area contributed by atoms with E-state index in [1.165, 1.54) is 76.8 Å². The molecular formula is C57H36O2. The van der Waals surface area contributed by atoms with Gasteiger partial charge in [-0.3, -0.25) is 0 Å². The highest BCUT2D eigenvalue weighted by Gasteiger charge is 2.36. The van der Waals surface area contributed by atoms with E-state index in [-0.39, 0.29) is 5.41 Å². The molecule has 0 bridgehead atoms. The lowest BCUT2D eigenvalue weighted by atomic mass is 9.82. The van der Waals surface area contributed by atoms with E-state index in [0.717, 1.165) is 55.0 Å². The molecule has 0 aliphatic heterocycles. The first-order valence-corrected chi connectivity index (χ1v) is 20.5. The first-order chi connectivity index (χ1) is 29.0. The van der Waals surface area contributed by atoms with E-state index in [2.05, 4.69) is 184 Å². The minimum atomic E-state index is -0.0941. The normalized spacial score (nSPS) is 13.4. The minimum absolute atomic E-state index is 0.0941. The average molecular weight is 753 g/mol. The van der Waals surface area contributed by atoms with Crippen LogP contribution in [0.3, 0.4) is 0 Å². The van der Waals surface area contributed by atoms with E-state index >= 15 is 0 Å². The van der Waals surface area contributed by atoms with E-state index in [1.807, 2.05) is 12.1 Å². The molecule has 59 heavy (non-hydrogen) atoms. The Morgan fingerprint density at radius 3 is 1.49 bits per heavy atom. The van der Waals surface area contributed by atoms with Crippen molar-refractivity contribution in [2.24, 2.45) is 0 Å². The summed E-state index contributed by atoms with van der Waals surface area (Å²) < 4.78 is 13.0. The maximum Gasteiger partial charge on any atom is 0.178 e. The number of hydrogen-bond donors (Lipinski definition) is 0. The van der Waals surface area contributed by atoms with Gasteiger partial charge in [-0.15, -0.1) is 0 Å². The molecule has 0 amide bonds. The summed E-state index contributed by atoms with van der Waals surface area (Å²) >= 11 is 0. The third kappa shape index (κ3) is 4.57. The molecule has 2 nitrogen and oxygen atoms in total. The first kappa shape index (κ1) is 32.6. The van der Waals surface area contributed by atoms with Crippen LogP contribution in [0.1, 0.15) is 25.0 Å². The molecule has 2 heterocycles. The third-order valence-electron chi connectivity index (χ3n) is 13.2. The molecule has 0 radical (unpaired) electrons. The van der Waals surface area contributed by atoms with Crippen molar-refractivity contribution >= 4 is 76.2 Å². The Balaban J connectivity index is 1.06. The van der Waals surface area contributed by atoms with Crippen molar-refractivity contribution in [2.45, 2.75) is 19.3 Å². The van der Waals surface area contributed by atoms with Crippen molar-refractivity contribution in [3.8, 4) is 44.5 Å². The fourth-order valence-corrected chi connectivity index (χ4v) is 10.4. The lowest BCUT2D eigenvalue weighted by Crippen LogP contribution is -2.14. The summed E-state index contributed by atoms with van der Waals surface area (Å²) in [5.74, 6) is 0. The Labute approximate surface area is 340 Å². The van der Waals surface area contributed by atoms with Gasteiger partial charge >= 0.3 is 0 Å². The molecule has 0 fully saturated rings. The first-order valence-electron chi connectivity index (χ1n) is 20.5. The van der Waals surface area contributed by atoms with E-state index < -0.39 is 0 Å². The molecule has 2 heteroatoms. The van der Waals surface area contributed by atoms with Crippen LogP contribution in [-0.4, -0.2) is 0 Å². The van der Waals surface area contributed by atoms with Gasteiger partial charge in [0, 0.05) is 27.0 Å². The highest BCUT2D eigenvalue weighted by Crippen LogP contribution is 2.53. The van der Waals surface area contributed by atoms with E-state index in [1.54, 1.807) is 0 Å². The fraction of sp³-hybridized carbons (Fsp3) is 0.0526. The quantitative estimate of drug-likeness (QED) is 0.168. The predicted octanol–water partition coefficient (Wildman–Crippen LogP) is 16.3. The summed E-state index contributed by atoms with van der Waals surface area (Å²) in [7, 11) is 0. The monoisotopic (exact) mass is 752 g/mol. The van der Waals surface area contributed by atoms with Crippen LogP contribution >= 0.6 is 0 Å². The zero-order chi connectivity index (χ0) is 39.0. The molecule has 0 saturated heterocycles. The predicted molar refractivity (Wildman–Crippen MR) is 247 cm³/mol. The van der Waals surface area contributed by atoms with Crippen LogP contribution in [-0.2, 0) is 5.41 Å². The molecule has 0 unspecified atom stereocenters. The molecular weight excluding hydrogens is 717 g/mol. The van der Waals surface area contributed by atoms with Gasteiger partial charge in [0.25, 0.3) is 0 Å². The van der Waals surface area contributed by atoms with Crippen LogP contribution in [0.25, 0.3) is 121 Å². The van der Waals surface area contributed by atoms with Crippen LogP contribution in [0.15, 0.2) is 191 Å². The minimum Gasteiger partial charge on any atom is -0.452 e. The molecule has 1 aliphatic rings. The van der Waals surface area contributed by atoms with Crippen LogP contribution < -0.4 is 0 Å². The number of benzene rings is 10. The highest BCUT2D eigenvalue weighted by atomic mass is 16.4. The topological polar surface area (TPSA) is 26.3 Å². The number of para-hydroxylation sites is 1. The van der Waals surface area contributed by atoms with Gasteiger partial charge in [0.1, 0.15) is 11.2 Å². The Morgan fingerprint density at radius 1 is 0.305 bits per heavy atom. The zero-order valence-corrected chi connectivity index (χ0v) is 32.6. The summed E-state index contributed by atoms with van der Waals surface area (Å²) in [6.45, 7) is 4.71. The standard InChI is InChI=1S/C57H36O2/c1-57(2)50-19-9-7-17-47(50)54-38(18-11-20-51(54)57)37-29-35(33-22-24-43-41-14-4-3-12-39(41)40-13-5-6-15-42(40)48(43)31-33)28-36(30-37)34-23-27-53-49(32-34)46-26-25-45-44-16-8-10-21-52(44)58-55(45)56(46)59-53/h3-32H,1-2H3. The highest BCUT2D eigenvalue weighted by molar-refractivity contribution is 6.26. The van der Waals surface area contributed by atoms with Crippen molar-refractivity contribution in [2.75, 3.05) is 0 Å². The maximum absolute atomic E-state index is 6.59. The Kier molecular flexibility index (Phi) is 6.54. The lowest BCUT2D eigenvalue weighted by molar-refractivity contribution is 0.633. The van der Waals surface area contributed by atoms with Crippen LogP contribution in [0.4, 0.5) is 0 Å². The molecule has 0 N–H and O–H groups in total. The molecule has 13 rings (SSSR count). The largest absolute Gasteiger partial charge is 0.452 e. The summed E-state index contributed by atoms with van der Waals surface area (Å²) in [6.07, 6.45) is 0. The smallest absolute Gasteiger partial charge is 0.178 e. The number of fused-ring (bicyclic) bond motifs is 16. The Morgan fingerprint density at radius 2 is 0.780 bits per heavy atom. The molecule has 1 aliphatic carbocycles. The van der Waals surface area contributed by atoms with Crippen LogP contribution in [0.5, 0.6) is 0 Å². The van der Waals surface area contributed by atoms with Crippen LogP contribution in [0, 0.1) is 0 Å². The number of rotatable bonds is 3.